The zero-order valence-corrected chi connectivity index (χ0v) is 15.6. The minimum Gasteiger partial charge on any atom is -0.490 e. The lowest BCUT2D eigenvalue weighted by molar-refractivity contribution is 0.116. The van der Waals surface area contributed by atoms with Crippen molar-refractivity contribution in [2.75, 3.05) is 6.61 Å². The highest BCUT2D eigenvalue weighted by molar-refractivity contribution is 7.74. The molecule has 1 N–H and O–H groups in total. The van der Waals surface area contributed by atoms with Gasteiger partial charge < -0.3 is 4.74 Å². The second-order valence-electron chi connectivity index (χ2n) is 7.31. The van der Waals surface area contributed by atoms with E-state index in [-0.39, 0.29) is 18.1 Å². The molecule has 134 valence electrons. The Hall–Kier alpha value is -1.17. The molecule has 1 aliphatic carbocycles. The predicted molar refractivity (Wildman–Crippen MR) is 97.4 cm³/mol. The van der Waals surface area contributed by atoms with Gasteiger partial charge in [-0.3, -0.25) is 8.74 Å². The summed E-state index contributed by atoms with van der Waals surface area (Å²) in [6, 6.07) is 8.36. The topological polar surface area (TPSA) is 55.8 Å². The average Bonchev–Trinajstić information content (AvgIpc) is 2.52. The summed E-state index contributed by atoms with van der Waals surface area (Å²) in [4.78, 5) is 0. The molecule has 1 aromatic carbocycles. The summed E-state index contributed by atoms with van der Waals surface area (Å²) < 4.78 is 29.9. The SMILES string of the molecule is CC(C)(C)c1ccc(OC2CCCCC2C=CCOS(=O)O)cc1. The minimum absolute atomic E-state index is 0.140. The predicted octanol–water partition coefficient (Wildman–Crippen LogP) is 4.63. The molecule has 0 amide bonds. The highest BCUT2D eigenvalue weighted by Gasteiger charge is 2.25. The minimum atomic E-state index is -2.20. The second kappa shape index (κ2) is 8.79. The van der Waals surface area contributed by atoms with Crippen molar-refractivity contribution in [3.8, 4) is 5.75 Å². The summed E-state index contributed by atoms with van der Waals surface area (Å²) in [7, 11) is 0. The zero-order chi connectivity index (χ0) is 17.6. The molecule has 3 unspecified atom stereocenters. The van der Waals surface area contributed by atoms with Crippen molar-refractivity contribution in [2.45, 2.75) is 58.0 Å². The van der Waals surface area contributed by atoms with Crippen molar-refractivity contribution in [2.24, 2.45) is 5.92 Å². The maximum Gasteiger partial charge on any atom is 0.302 e. The summed E-state index contributed by atoms with van der Waals surface area (Å²) in [5.74, 6) is 1.22. The first-order valence-corrected chi connectivity index (χ1v) is 9.57. The fraction of sp³-hybridized carbons (Fsp3) is 0.579. The van der Waals surface area contributed by atoms with Crippen molar-refractivity contribution in [3.63, 3.8) is 0 Å². The van der Waals surface area contributed by atoms with Crippen LogP contribution in [0.4, 0.5) is 0 Å². The standard InChI is InChI=1S/C19H28O4S/c1-19(2,3)16-10-12-17(13-11-16)23-18-9-5-4-7-15(18)8-6-14-22-24(20)21/h6,8,10-13,15,18H,4-5,7,9,14H2,1-3H3,(H,20,21). The van der Waals surface area contributed by atoms with Crippen LogP contribution in [0.1, 0.15) is 52.0 Å². The molecule has 0 heterocycles. The molecular weight excluding hydrogens is 324 g/mol. The lowest BCUT2D eigenvalue weighted by Crippen LogP contribution is -2.29. The van der Waals surface area contributed by atoms with Crippen LogP contribution in [0.5, 0.6) is 5.75 Å². The molecule has 0 spiro atoms. The molecule has 0 radical (unpaired) electrons. The van der Waals surface area contributed by atoms with E-state index in [1.807, 2.05) is 18.2 Å². The van der Waals surface area contributed by atoms with Crippen molar-refractivity contribution in [3.05, 3.63) is 42.0 Å². The van der Waals surface area contributed by atoms with Crippen LogP contribution in [0.25, 0.3) is 0 Å². The molecule has 1 aromatic rings. The molecule has 24 heavy (non-hydrogen) atoms. The Morgan fingerprint density at radius 2 is 1.88 bits per heavy atom. The summed E-state index contributed by atoms with van der Waals surface area (Å²) >= 11 is -2.20. The van der Waals surface area contributed by atoms with Gasteiger partial charge in [0.1, 0.15) is 11.9 Å². The van der Waals surface area contributed by atoms with E-state index in [4.69, 9.17) is 9.29 Å². The van der Waals surface area contributed by atoms with Crippen LogP contribution in [0, 0.1) is 5.92 Å². The third-order valence-corrected chi connectivity index (χ3v) is 4.75. The maximum absolute atomic E-state index is 10.5. The van der Waals surface area contributed by atoms with Crippen LogP contribution in [-0.4, -0.2) is 21.5 Å². The Morgan fingerprint density at radius 3 is 2.50 bits per heavy atom. The molecule has 0 bridgehead atoms. The molecule has 3 atom stereocenters. The van der Waals surface area contributed by atoms with Gasteiger partial charge in [-0.1, -0.05) is 51.5 Å². The van der Waals surface area contributed by atoms with E-state index in [0.29, 0.717) is 5.92 Å². The molecule has 1 fully saturated rings. The first-order chi connectivity index (χ1) is 11.4. The third-order valence-electron chi connectivity index (χ3n) is 4.41. The highest BCUT2D eigenvalue weighted by atomic mass is 32.2. The number of rotatable bonds is 6. The Balaban J connectivity index is 1.96. The fourth-order valence-electron chi connectivity index (χ4n) is 3.03. The van der Waals surface area contributed by atoms with E-state index in [2.05, 4.69) is 43.2 Å². The quantitative estimate of drug-likeness (QED) is 0.599. The maximum atomic E-state index is 10.5. The van der Waals surface area contributed by atoms with Gasteiger partial charge in [0, 0.05) is 5.92 Å². The van der Waals surface area contributed by atoms with E-state index in [9.17, 15) is 4.21 Å². The second-order valence-corrected chi connectivity index (χ2v) is 7.98. The van der Waals surface area contributed by atoms with Crippen molar-refractivity contribution in [1.82, 2.24) is 0 Å². The zero-order valence-electron chi connectivity index (χ0n) is 14.7. The third kappa shape index (κ3) is 6.04. The van der Waals surface area contributed by atoms with Gasteiger partial charge in [-0.15, -0.1) is 0 Å². The van der Waals surface area contributed by atoms with Crippen molar-refractivity contribution < 1.29 is 17.7 Å². The molecule has 5 heteroatoms. The summed E-state index contributed by atoms with van der Waals surface area (Å²) in [6.45, 7) is 6.75. The van der Waals surface area contributed by atoms with Gasteiger partial charge in [0.25, 0.3) is 0 Å². The van der Waals surface area contributed by atoms with Crippen LogP contribution in [0.3, 0.4) is 0 Å². The van der Waals surface area contributed by atoms with Crippen molar-refractivity contribution >= 4 is 11.4 Å². The Labute approximate surface area is 147 Å². The number of hydrogen-bond donors (Lipinski definition) is 1. The van der Waals surface area contributed by atoms with E-state index < -0.39 is 11.4 Å². The molecule has 4 nitrogen and oxygen atoms in total. The molecule has 1 saturated carbocycles. The van der Waals surface area contributed by atoms with Gasteiger partial charge in [0.2, 0.25) is 0 Å². The Bertz CT molecular complexity index is 560. The summed E-state index contributed by atoms with van der Waals surface area (Å²) in [5.41, 5.74) is 1.44. The lowest BCUT2D eigenvalue weighted by atomic mass is 9.86. The van der Waals surface area contributed by atoms with Crippen LogP contribution < -0.4 is 4.74 Å². The van der Waals surface area contributed by atoms with Crippen LogP contribution in [-0.2, 0) is 21.0 Å². The van der Waals surface area contributed by atoms with Crippen molar-refractivity contribution in [1.29, 1.82) is 0 Å². The van der Waals surface area contributed by atoms with E-state index in [1.165, 1.54) is 18.4 Å². The molecular formula is C19H28O4S. The Morgan fingerprint density at radius 1 is 1.21 bits per heavy atom. The van der Waals surface area contributed by atoms with Crippen LogP contribution in [0.15, 0.2) is 36.4 Å². The monoisotopic (exact) mass is 352 g/mol. The molecule has 1 aliphatic rings. The van der Waals surface area contributed by atoms with Gasteiger partial charge >= 0.3 is 11.4 Å². The van der Waals surface area contributed by atoms with Gasteiger partial charge in [-0.2, -0.15) is 4.21 Å². The van der Waals surface area contributed by atoms with Gasteiger partial charge in [-0.25, -0.2) is 0 Å². The largest absolute Gasteiger partial charge is 0.490 e. The molecule has 0 saturated heterocycles. The molecule has 0 aromatic heterocycles. The average molecular weight is 352 g/mol. The number of benzene rings is 1. The molecule has 2 rings (SSSR count). The summed E-state index contributed by atoms with van der Waals surface area (Å²) in [5, 5.41) is 0. The van der Waals surface area contributed by atoms with Gasteiger partial charge in [0.05, 0.1) is 6.61 Å². The highest BCUT2D eigenvalue weighted by Crippen LogP contribution is 2.30. The summed E-state index contributed by atoms with van der Waals surface area (Å²) in [6.07, 6.45) is 8.47. The van der Waals surface area contributed by atoms with Crippen LogP contribution >= 0.6 is 0 Å². The number of hydrogen-bond acceptors (Lipinski definition) is 3. The normalized spacial score (nSPS) is 23.3. The van der Waals surface area contributed by atoms with Crippen LogP contribution in [0.2, 0.25) is 0 Å². The van der Waals surface area contributed by atoms with Gasteiger partial charge in [0.15, 0.2) is 0 Å². The fourth-order valence-corrected chi connectivity index (χ4v) is 3.22. The lowest BCUT2D eigenvalue weighted by Gasteiger charge is -2.30. The Kier molecular flexibility index (Phi) is 7.02. The van der Waals surface area contributed by atoms with E-state index in [1.54, 1.807) is 0 Å². The van der Waals surface area contributed by atoms with E-state index in [0.717, 1.165) is 18.6 Å². The van der Waals surface area contributed by atoms with Gasteiger partial charge in [-0.05, 0) is 42.4 Å². The smallest absolute Gasteiger partial charge is 0.302 e. The first kappa shape index (κ1) is 19.2. The number of ether oxygens (including phenoxy) is 1. The first-order valence-electron chi connectivity index (χ1n) is 8.54. The van der Waals surface area contributed by atoms with E-state index >= 15 is 0 Å². The molecule has 0 aliphatic heterocycles.